The molecule has 0 radical (unpaired) electrons. The number of thiocarbonyl (C=S) groups is 1. The van der Waals surface area contributed by atoms with Crippen LogP contribution in [0, 0.1) is 0 Å². The highest BCUT2D eigenvalue weighted by molar-refractivity contribution is 7.80. The van der Waals surface area contributed by atoms with Gasteiger partial charge in [-0.15, -0.1) is 0 Å². The van der Waals surface area contributed by atoms with Crippen LogP contribution >= 0.6 is 12.2 Å². The number of benzene rings is 2. The van der Waals surface area contributed by atoms with Gasteiger partial charge in [0.1, 0.15) is 5.75 Å². The van der Waals surface area contributed by atoms with E-state index in [4.69, 9.17) is 26.4 Å². The molecule has 2 aliphatic heterocycles. The van der Waals surface area contributed by atoms with Gasteiger partial charge in [-0.25, -0.2) is 0 Å². The van der Waals surface area contributed by atoms with E-state index in [1.165, 1.54) is 5.56 Å². The molecular formula is C22H26N2O3S. The summed E-state index contributed by atoms with van der Waals surface area (Å²) in [5, 5.41) is 4.12. The van der Waals surface area contributed by atoms with E-state index in [2.05, 4.69) is 22.3 Å². The lowest BCUT2D eigenvalue weighted by Crippen LogP contribution is -2.34. The quantitative estimate of drug-likeness (QED) is 0.748. The van der Waals surface area contributed by atoms with E-state index in [0.717, 1.165) is 53.9 Å². The fraction of sp³-hybridized carbons (Fsp3) is 0.409. The number of nitrogens with zero attached hydrogens (tertiary/aromatic N) is 1. The molecular weight excluding hydrogens is 372 g/mol. The molecule has 1 atom stereocenters. The minimum Gasteiger partial charge on any atom is -0.494 e. The van der Waals surface area contributed by atoms with Crippen LogP contribution in [-0.4, -0.2) is 36.4 Å². The molecule has 2 aromatic rings. The lowest BCUT2D eigenvalue weighted by Gasteiger charge is -2.28. The molecule has 0 aliphatic carbocycles. The summed E-state index contributed by atoms with van der Waals surface area (Å²) in [6.45, 7) is 4.99. The first-order valence-corrected chi connectivity index (χ1v) is 10.4. The molecule has 5 nitrogen and oxygen atoms in total. The second-order valence-corrected chi connectivity index (χ2v) is 7.38. The van der Waals surface area contributed by atoms with Crippen molar-refractivity contribution in [3.05, 3.63) is 48.0 Å². The maximum Gasteiger partial charge on any atom is 0.173 e. The van der Waals surface area contributed by atoms with Gasteiger partial charge in [-0.1, -0.05) is 6.07 Å². The van der Waals surface area contributed by atoms with Crippen molar-refractivity contribution in [3.8, 4) is 17.2 Å². The third-order valence-corrected chi connectivity index (χ3v) is 5.42. The predicted octanol–water partition coefficient (Wildman–Crippen LogP) is 4.78. The Morgan fingerprint density at radius 3 is 2.68 bits per heavy atom. The Labute approximate surface area is 171 Å². The molecule has 1 N–H and O–H groups in total. The molecule has 0 unspecified atom stereocenters. The molecule has 1 fully saturated rings. The molecule has 0 bridgehead atoms. The van der Waals surface area contributed by atoms with Crippen molar-refractivity contribution in [1.82, 2.24) is 4.90 Å². The van der Waals surface area contributed by atoms with Crippen LogP contribution in [0.3, 0.4) is 0 Å². The van der Waals surface area contributed by atoms with Crippen molar-refractivity contribution < 1.29 is 14.2 Å². The molecule has 0 amide bonds. The molecule has 2 aromatic carbocycles. The molecule has 2 aliphatic rings. The number of hydrogen-bond acceptors (Lipinski definition) is 4. The summed E-state index contributed by atoms with van der Waals surface area (Å²) in [5.74, 6) is 2.54. The van der Waals surface area contributed by atoms with Crippen LogP contribution in [0.1, 0.15) is 37.8 Å². The van der Waals surface area contributed by atoms with Crippen molar-refractivity contribution in [1.29, 1.82) is 0 Å². The first kappa shape index (κ1) is 18.9. The second kappa shape index (κ2) is 8.69. The number of likely N-dealkylation sites (tertiary alicyclic amines) is 1. The lowest BCUT2D eigenvalue weighted by atomic mass is 10.0. The molecule has 0 saturated carbocycles. The number of fused-ring (bicyclic) bond motifs is 1. The molecule has 0 spiro atoms. The van der Waals surface area contributed by atoms with Crippen LogP contribution < -0.4 is 19.5 Å². The number of nitrogens with one attached hydrogen (secondary N) is 1. The molecule has 148 valence electrons. The van der Waals surface area contributed by atoms with Gasteiger partial charge in [-0.2, -0.15) is 0 Å². The van der Waals surface area contributed by atoms with Crippen molar-refractivity contribution in [2.45, 2.75) is 32.2 Å². The summed E-state index contributed by atoms with van der Waals surface area (Å²) in [6.07, 6.45) is 3.10. The average Bonchev–Trinajstić information content (AvgIpc) is 3.09. The molecule has 6 heteroatoms. The maximum atomic E-state index is 5.87. The Morgan fingerprint density at radius 1 is 1.11 bits per heavy atom. The van der Waals surface area contributed by atoms with E-state index in [9.17, 15) is 0 Å². The summed E-state index contributed by atoms with van der Waals surface area (Å²) in [7, 11) is 0. The zero-order valence-corrected chi connectivity index (χ0v) is 17.0. The van der Waals surface area contributed by atoms with Crippen LogP contribution in [0.25, 0.3) is 0 Å². The van der Waals surface area contributed by atoms with Gasteiger partial charge in [-0.3, -0.25) is 0 Å². The summed E-state index contributed by atoms with van der Waals surface area (Å²) in [4.78, 5) is 2.27. The summed E-state index contributed by atoms with van der Waals surface area (Å²) >= 11 is 5.73. The molecule has 1 saturated heterocycles. The Morgan fingerprint density at radius 2 is 1.89 bits per heavy atom. The lowest BCUT2D eigenvalue weighted by molar-refractivity contribution is 0.296. The highest BCUT2D eigenvalue weighted by atomic mass is 32.1. The van der Waals surface area contributed by atoms with Gasteiger partial charge >= 0.3 is 0 Å². The Kier molecular flexibility index (Phi) is 5.86. The van der Waals surface area contributed by atoms with E-state index in [1.54, 1.807) is 0 Å². The second-order valence-electron chi connectivity index (χ2n) is 7.00. The van der Waals surface area contributed by atoms with Gasteiger partial charge in [0, 0.05) is 18.7 Å². The van der Waals surface area contributed by atoms with E-state index in [1.807, 2.05) is 37.3 Å². The number of hydrogen-bond donors (Lipinski definition) is 1. The fourth-order valence-electron chi connectivity index (χ4n) is 3.74. The highest BCUT2D eigenvalue weighted by Crippen LogP contribution is 2.38. The number of anilines is 1. The van der Waals surface area contributed by atoms with Gasteiger partial charge in [0.05, 0.1) is 25.9 Å². The van der Waals surface area contributed by atoms with E-state index in [0.29, 0.717) is 19.8 Å². The van der Waals surface area contributed by atoms with E-state index >= 15 is 0 Å². The highest BCUT2D eigenvalue weighted by Gasteiger charge is 2.29. The van der Waals surface area contributed by atoms with Crippen molar-refractivity contribution in [2.24, 2.45) is 0 Å². The van der Waals surface area contributed by atoms with Crippen molar-refractivity contribution >= 4 is 23.0 Å². The number of rotatable bonds is 4. The van der Waals surface area contributed by atoms with E-state index < -0.39 is 0 Å². The average molecular weight is 399 g/mol. The van der Waals surface area contributed by atoms with Gasteiger partial charge in [-0.05, 0) is 73.9 Å². The Hall–Kier alpha value is -2.47. The molecule has 2 heterocycles. The van der Waals surface area contributed by atoms with Crippen LogP contribution in [0.5, 0.6) is 17.2 Å². The monoisotopic (exact) mass is 398 g/mol. The van der Waals surface area contributed by atoms with Gasteiger partial charge < -0.3 is 24.4 Å². The largest absolute Gasteiger partial charge is 0.494 e. The Balaban J connectivity index is 1.47. The zero-order chi connectivity index (χ0) is 19.3. The van der Waals surface area contributed by atoms with Crippen molar-refractivity contribution in [3.63, 3.8) is 0 Å². The third-order valence-electron chi connectivity index (χ3n) is 5.09. The first-order valence-electron chi connectivity index (χ1n) is 9.94. The molecule has 28 heavy (non-hydrogen) atoms. The van der Waals surface area contributed by atoms with Crippen molar-refractivity contribution in [2.75, 3.05) is 31.7 Å². The number of ether oxygens (including phenoxy) is 3. The molecule has 4 rings (SSSR count). The maximum absolute atomic E-state index is 5.87. The summed E-state index contributed by atoms with van der Waals surface area (Å²) in [5.41, 5.74) is 2.19. The zero-order valence-electron chi connectivity index (χ0n) is 16.1. The van der Waals surface area contributed by atoms with Crippen LogP contribution in [-0.2, 0) is 0 Å². The fourth-order valence-corrected chi connectivity index (χ4v) is 4.08. The van der Waals surface area contributed by atoms with Crippen LogP contribution in [0.15, 0.2) is 42.5 Å². The van der Waals surface area contributed by atoms with Gasteiger partial charge in [0.2, 0.25) is 0 Å². The van der Waals surface area contributed by atoms with Gasteiger partial charge in [0.15, 0.2) is 16.6 Å². The Bertz CT molecular complexity index is 825. The van der Waals surface area contributed by atoms with Crippen LogP contribution in [0.2, 0.25) is 0 Å². The SMILES string of the molecule is CCOc1ccc(NC(=S)N2CCC[C@@H]2c2ccc3c(c2)OCCCO3)cc1. The van der Waals surface area contributed by atoms with Crippen LogP contribution in [0.4, 0.5) is 5.69 Å². The standard InChI is InChI=1S/C22H26N2O3S/c1-2-25-18-9-7-17(8-10-18)23-22(28)24-12-3-5-19(24)16-6-11-20-21(15-16)27-14-4-13-26-20/h6-11,15,19H,2-5,12-14H2,1H3,(H,23,28)/t19-/m1/s1. The molecule has 0 aromatic heterocycles. The minimum absolute atomic E-state index is 0.250. The van der Waals surface area contributed by atoms with Gasteiger partial charge in [0.25, 0.3) is 0 Å². The smallest absolute Gasteiger partial charge is 0.173 e. The van der Waals surface area contributed by atoms with E-state index in [-0.39, 0.29) is 6.04 Å². The predicted molar refractivity (Wildman–Crippen MR) is 115 cm³/mol. The minimum atomic E-state index is 0.250. The first-order chi connectivity index (χ1) is 13.7. The normalized spacial score (nSPS) is 18.5. The third kappa shape index (κ3) is 4.17. The summed E-state index contributed by atoms with van der Waals surface area (Å²) in [6, 6.07) is 14.4. The topological polar surface area (TPSA) is 43.0 Å². The summed E-state index contributed by atoms with van der Waals surface area (Å²) < 4.78 is 17.1.